The second-order valence-electron chi connectivity index (χ2n) is 2.84. The topological polar surface area (TPSA) is 28.7 Å². The predicted octanol–water partition coefficient (Wildman–Crippen LogP) is 3.12. The van der Waals surface area contributed by atoms with Crippen LogP contribution in [0.3, 0.4) is 0 Å². The molecule has 0 aliphatic carbocycles. The Hall–Kier alpha value is -1.24. The Morgan fingerprint density at radius 2 is 2.29 bits per heavy atom. The Morgan fingerprint density at radius 1 is 1.43 bits per heavy atom. The van der Waals surface area contributed by atoms with Crippen LogP contribution in [0, 0.1) is 11.3 Å². The van der Waals surface area contributed by atoms with Gasteiger partial charge in [0, 0.05) is 11.1 Å². The fourth-order valence-corrected chi connectivity index (χ4v) is 2.34. The molecule has 0 aliphatic heterocycles. The first-order valence-electron chi connectivity index (χ1n) is 4.09. The normalized spacial score (nSPS) is 10.0. The van der Waals surface area contributed by atoms with Crippen molar-refractivity contribution < 1.29 is 0 Å². The molecule has 0 saturated carbocycles. The van der Waals surface area contributed by atoms with Crippen LogP contribution in [0.1, 0.15) is 10.6 Å². The molecule has 0 amide bonds. The molecule has 0 unspecified atom stereocenters. The number of rotatable bonds is 2. The van der Waals surface area contributed by atoms with E-state index in [1.807, 2.05) is 29.0 Å². The first-order chi connectivity index (χ1) is 6.79. The van der Waals surface area contributed by atoms with E-state index in [-0.39, 0.29) is 0 Å². The molecular formula is C10H7ClN2S. The van der Waals surface area contributed by atoms with Crippen molar-refractivity contribution in [1.82, 2.24) is 4.57 Å². The van der Waals surface area contributed by atoms with Crippen LogP contribution in [-0.2, 0) is 6.54 Å². The van der Waals surface area contributed by atoms with E-state index in [4.69, 9.17) is 16.9 Å². The van der Waals surface area contributed by atoms with Gasteiger partial charge in [-0.2, -0.15) is 5.26 Å². The molecule has 0 bridgehead atoms. The summed E-state index contributed by atoms with van der Waals surface area (Å²) in [7, 11) is 0. The summed E-state index contributed by atoms with van der Waals surface area (Å²) < 4.78 is 2.69. The van der Waals surface area contributed by atoms with Gasteiger partial charge in [-0.1, -0.05) is 11.6 Å². The molecule has 0 fully saturated rings. The zero-order chi connectivity index (χ0) is 9.97. The lowest BCUT2D eigenvalue weighted by Gasteiger charge is -2.00. The largest absolute Gasteiger partial charge is 0.334 e. The van der Waals surface area contributed by atoms with Crippen LogP contribution in [0.4, 0.5) is 0 Å². The number of hydrogen-bond donors (Lipinski definition) is 0. The van der Waals surface area contributed by atoms with E-state index in [9.17, 15) is 0 Å². The highest BCUT2D eigenvalue weighted by molar-refractivity contribution is 7.16. The van der Waals surface area contributed by atoms with Gasteiger partial charge in [0.2, 0.25) is 0 Å². The summed E-state index contributed by atoms with van der Waals surface area (Å²) in [4.78, 5) is 1.16. The highest BCUT2D eigenvalue weighted by Gasteiger charge is 2.02. The lowest BCUT2D eigenvalue weighted by molar-refractivity contribution is 0.806. The molecule has 14 heavy (non-hydrogen) atoms. The Bertz CT molecular complexity index is 478. The molecule has 0 spiro atoms. The third-order valence-electron chi connectivity index (χ3n) is 1.90. The summed E-state index contributed by atoms with van der Waals surface area (Å²) in [6.45, 7) is 0.716. The van der Waals surface area contributed by atoms with E-state index in [1.54, 1.807) is 17.4 Å². The van der Waals surface area contributed by atoms with Gasteiger partial charge in [0.25, 0.3) is 0 Å². The standard InChI is InChI=1S/C10H7ClN2S/c11-10-4-3-9(14-10)7-13-5-1-2-8(13)6-12/h1-5H,7H2. The number of nitriles is 1. The predicted molar refractivity (Wildman–Crippen MR) is 57.6 cm³/mol. The average Bonchev–Trinajstić information content (AvgIpc) is 2.76. The molecule has 0 aromatic carbocycles. The number of halogens is 1. The van der Waals surface area contributed by atoms with Crippen molar-refractivity contribution in [3.63, 3.8) is 0 Å². The maximum atomic E-state index is 8.80. The smallest absolute Gasteiger partial charge is 0.120 e. The van der Waals surface area contributed by atoms with E-state index in [0.29, 0.717) is 12.2 Å². The van der Waals surface area contributed by atoms with Gasteiger partial charge in [0.15, 0.2) is 0 Å². The lowest BCUT2D eigenvalue weighted by atomic mass is 10.4. The Kier molecular flexibility index (Phi) is 2.58. The average molecular weight is 223 g/mol. The zero-order valence-electron chi connectivity index (χ0n) is 7.27. The molecule has 0 atom stereocenters. The van der Waals surface area contributed by atoms with E-state index in [2.05, 4.69) is 6.07 Å². The Balaban J connectivity index is 2.23. The summed E-state index contributed by atoms with van der Waals surface area (Å²) in [5.74, 6) is 0. The number of hydrogen-bond acceptors (Lipinski definition) is 2. The van der Waals surface area contributed by atoms with Gasteiger partial charge >= 0.3 is 0 Å². The first kappa shape index (κ1) is 9.32. The van der Waals surface area contributed by atoms with Crippen molar-refractivity contribution in [1.29, 1.82) is 5.26 Å². The minimum atomic E-state index is 0.675. The molecule has 0 N–H and O–H groups in total. The highest BCUT2D eigenvalue weighted by atomic mass is 35.5. The SMILES string of the molecule is N#Cc1cccn1Cc1ccc(Cl)s1. The molecule has 2 nitrogen and oxygen atoms in total. The summed E-state index contributed by atoms with van der Waals surface area (Å²) in [6, 6.07) is 9.66. The van der Waals surface area contributed by atoms with Crippen molar-refractivity contribution >= 4 is 22.9 Å². The Labute approximate surface area is 91.0 Å². The molecule has 2 heterocycles. The monoisotopic (exact) mass is 222 g/mol. The second kappa shape index (κ2) is 3.87. The number of aromatic nitrogens is 1. The summed E-state index contributed by atoms with van der Waals surface area (Å²) in [6.07, 6.45) is 1.90. The van der Waals surface area contributed by atoms with Gasteiger partial charge in [-0.15, -0.1) is 11.3 Å². The molecule has 2 aromatic rings. The summed E-state index contributed by atoms with van der Waals surface area (Å²) in [5, 5.41) is 8.80. The highest BCUT2D eigenvalue weighted by Crippen LogP contribution is 2.22. The maximum Gasteiger partial charge on any atom is 0.120 e. The molecular weight excluding hydrogens is 216 g/mol. The zero-order valence-corrected chi connectivity index (χ0v) is 8.85. The number of nitrogens with zero attached hydrogens (tertiary/aromatic N) is 2. The van der Waals surface area contributed by atoms with E-state index in [0.717, 1.165) is 9.21 Å². The minimum Gasteiger partial charge on any atom is -0.334 e. The van der Waals surface area contributed by atoms with Crippen molar-refractivity contribution in [2.75, 3.05) is 0 Å². The molecule has 0 saturated heterocycles. The third kappa shape index (κ3) is 1.82. The van der Waals surface area contributed by atoms with Gasteiger partial charge in [-0.3, -0.25) is 0 Å². The summed E-state index contributed by atoms with van der Waals surface area (Å²) in [5.41, 5.74) is 0.675. The van der Waals surface area contributed by atoms with Crippen LogP contribution >= 0.6 is 22.9 Å². The van der Waals surface area contributed by atoms with Crippen LogP contribution < -0.4 is 0 Å². The quantitative estimate of drug-likeness (QED) is 0.768. The van der Waals surface area contributed by atoms with Gasteiger partial charge in [0.05, 0.1) is 10.9 Å². The van der Waals surface area contributed by atoms with Crippen molar-refractivity contribution in [2.24, 2.45) is 0 Å². The Morgan fingerprint density at radius 3 is 2.93 bits per heavy atom. The van der Waals surface area contributed by atoms with Crippen molar-refractivity contribution in [3.8, 4) is 6.07 Å². The van der Waals surface area contributed by atoms with Crippen LogP contribution in [0.2, 0.25) is 4.34 Å². The van der Waals surface area contributed by atoms with Crippen LogP contribution in [0.5, 0.6) is 0 Å². The van der Waals surface area contributed by atoms with Crippen LogP contribution in [0.15, 0.2) is 30.5 Å². The van der Waals surface area contributed by atoms with E-state index >= 15 is 0 Å². The molecule has 2 aromatic heterocycles. The van der Waals surface area contributed by atoms with Crippen molar-refractivity contribution in [2.45, 2.75) is 6.54 Å². The summed E-state index contributed by atoms with van der Waals surface area (Å²) >= 11 is 7.36. The maximum absolute atomic E-state index is 8.80. The fraction of sp³-hybridized carbons (Fsp3) is 0.100. The fourth-order valence-electron chi connectivity index (χ4n) is 1.26. The molecule has 4 heteroatoms. The van der Waals surface area contributed by atoms with E-state index < -0.39 is 0 Å². The number of thiophene rings is 1. The van der Waals surface area contributed by atoms with E-state index in [1.165, 1.54) is 0 Å². The first-order valence-corrected chi connectivity index (χ1v) is 5.28. The van der Waals surface area contributed by atoms with Gasteiger partial charge in [-0.05, 0) is 24.3 Å². The van der Waals surface area contributed by atoms with Gasteiger partial charge in [-0.25, -0.2) is 0 Å². The molecule has 0 radical (unpaired) electrons. The molecule has 0 aliphatic rings. The second-order valence-corrected chi connectivity index (χ2v) is 4.64. The van der Waals surface area contributed by atoms with Gasteiger partial charge in [0.1, 0.15) is 11.8 Å². The van der Waals surface area contributed by atoms with Crippen LogP contribution in [0.25, 0.3) is 0 Å². The lowest BCUT2D eigenvalue weighted by Crippen LogP contribution is -1.98. The molecule has 70 valence electrons. The van der Waals surface area contributed by atoms with Crippen molar-refractivity contribution in [3.05, 3.63) is 45.4 Å². The minimum absolute atomic E-state index is 0.675. The molecule has 2 rings (SSSR count). The van der Waals surface area contributed by atoms with Gasteiger partial charge < -0.3 is 4.57 Å². The van der Waals surface area contributed by atoms with Crippen LogP contribution in [-0.4, -0.2) is 4.57 Å². The third-order valence-corrected chi connectivity index (χ3v) is 3.12.